The Hall–Kier alpha value is -2.25. The second-order valence-corrected chi connectivity index (χ2v) is 8.47. The van der Waals surface area contributed by atoms with Gasteiger partial charge in [0.25, 0.3) is 0 Å². The summed E-state index contributed by atoms with van der Waals surface area (Å²) < 4.78 is 40.0. The van der Waals surface area contributed by atoms with Gasteiger partial charge in [0.05, 0.1) is 4.90 Å². The second-order valence-electron chi connectivity index (χ2n) is 6.58. The van der Waals surface area contributed by atoms with Crippen molar-refractivity contribution in [1.29, 1.82) is 0 Å². The monoisotopic (exact) mass is 376 g/mol. The number of amides is 1. The molecule has 1 aliphatic heterocycles. The predicted octanol–water partition coefficient (Wildman–Crippen LogP) is 2.87. The summed E-state index contributed by atoms with van der Waals surface area (Å²) in [6.45, 7) is 5.95. The Morgan fingerprint density at radius 1 is 1.00 bits per heavy atom. The van der Waals surface area contributed by atoms with Crippen molar-refractivity contribution in [2.45, 2.75) is 31.7 Å². The van der Waals surface area contributed by atoms with Gasteiger partial charge >= 0.3 is 0 Å². The first-order chi connectivity index (χ1) is 12.2. The van der Waals surface area contributed by atoms with Crippen molar-refractivity contribution >= 4 is 21.6 Å². The minimum Gasteiger partial charge on any atom is -0.310 e. The van der Waals surface area contributed by atoms with Crippen LogP contribution in [0, 0.1) is 19.7 Å². The second kappa shape index (κ2) is 6.81. The van der Waals surface area contributed by atoms with Crippen LogP contribution < -0.4 is 4.90 Å². The number of nitrogens with zero attached hydrogens (tertiary/aromatic N) is 2. The molecule has 0 N–H and O–H groups in total. The van der Waals surface area contributed by atoms with E-state index in [9.17, 15) is 17.6 Å². The zero-order chi connectivity index (χ0) is 19.1. The molecule has 26 heavy (non-hydrogen) atoms. The highest BCUT2D eigenvalue weighted by Crippen LogP contribution is 2.27. The van der Waals surface area contributed by atoms with Gasteiger partial charge in [-0.15, -0.1) is 0 Å². The molecule has 3 rings (SSSR count). The van der Waals surface area contributed by atoms with Gasteiger partial charge in [0.15, 0.2) is 0 Å². The zero-order valence-corrected chi connectivity index (χ0v) is 15.8. The van der Waals surface area contributed by atoms with E-state index in [1.165, 1.54) is 16.4 Å². The maximum Gasteiger partial charge on any atom is 0.245 e. The molecule has 0 radical (unpaired) electrons. The highest BCUT2D eigenvalue weighted by molar-refractivity contribution is 7.89. The molecular formula is C19H21FN2O3S. The van der Waals surface area contributed by atoms with E-state index in [0.717, 1.165) is 28.9 Å². The molecule has 0 unspecified atom stereocenters. The fraction of sp³-hybridized carbons (Fsp3) is 0.316. The Kier molecular flexibility index (Phi) is 4.86. The van der Waals surface area contributed by atoms with Crippen molar-refractivity contribution in [2.75, 3.05) is 18.0 Å². The number of anilines is 1. The third kappa shape index (κ3) is 3.37. The van der Waals surface area contributed by atoms with Gasteiger partial charge in [0.2, 0.25) is 15.9 Å². The Labute approximate surface area is 153 Å². The van der Waals surface area contributed by atoms with E-state index in [-0.39, 0.29) is 23.9 Å². The molecular weight excluding hydrogens is 355 g/mol. The summed E-state index contributed by atoms with van der Waals surface area (Å²) >= 11 is 0. The van der Waals surface area contributed by atoms with E-state index in [2.05, 4.69) is 0 Å². The molecule has 1 amide bonds. The summed E-state index contributed by atoms with van der Waals surface area (Å²) in [6, 6.07) is 9.67. The molecule has 1 atom stereocenters. The van der Waals surface area contributed by atoms with Crippen LogP contribution in [0.4, 0.5) is 10.1 Å². The largest absolute Gasteiger partial charge is 0.310 e. The zero-order valence-electron chi connectivity index (χ0n) is 14.9. The Bertz CT molecular complexity index is 922. The van der Waals surface area contributed by atoms with Crippen LogP contribution in [0.15, 0.2) is 47.4 Å². The first-order valence-corrected chi connectivity index (χ1v) is 9.81. The maximum atomic E-state index is 13.1. The summed E-state index contributed by atoms with van der Waals surface area (Å²) in [6.07, 6.45) is 0. The highest BCUT2D eigenvalue weighted by atomic mass is 32.2. The Morgan fingerprint density at radius 2 is 1.58 bits per heavy atom. The maximum absolute atomic E-state index is 13.1. The number of aryl methyl sites for hydroxylation is 2. The highest BCUT2D eigenvalue weighted by Gasteiger charge is 2.39. The Morgan fingerprint density at radius 3 is 2.15 bits per heavy atom. The van der Waals surface area contributed by atoms with Crippen LogP contribution in [0.3, 0.4) is 0 Å². The molecule has 2 aromatic rings. The average Bonchev–Trinajstić information content (AvgIpc) is 2.56. The first-order valence-electron chi connectivity index (χ1n) is 8.37. The predicted molar refractivity (Wildman–Crippen MR) is 98.0 cm³/mol. The lowest BCUT2D eigenvalue weighted by molar-refractivity contribution is -0.123. The van der Waals surface area contributed by atoms with Gasteiger partial charge < -0.3 is 4.90 Å². The summed E-state index contributed by atoms with van der Waals surface area (Å²) in [4.78, 5) is 14.5. The number of carbonyl (C=O) groups is 1. The summed E-state index contributed by atoms with van der Waals surface area (Å²) in [7, 11) is -3.86. The molecule has 0 spiro atoms. The fourth-order valence-corrected chi connectivity index (χ4v) is 4.86. The van der Waals surface area contributed by atoms with E-state index >= 15 is 0 Å². The lowest BCUT2D eigenvalue weighted by atomic mass is 10.1. The van der Waals surface area contributed by atoms with Crippen molar-refractivity contribution in [3.05, 3.63) is 59.4 Å². The average molecular weight is 376 g/mol. The molecule has 0 bridgehead atoms. The molecule has 138 valence electrons. The van der Waals surface area contributed by atoms with Gasteiger partial charge in [-0.1, -0.05) is 6.07 Å². The molecule has 1 fully saturated rings. The molecule has 2 aromatic carbocycles. The van der Waals surface area contributed by atoms with Crippen LogP contribution in [-0.2, 0) is 14.8 Å². The van der Waals surface area contributed by atoms with Crippen LogP contribution in [0.25, 0.3) is 0 Å². The first kappa shape index (κ1) is 18.5. The van der Waals surface area contributed by atoms with Crippen molar-refractivity contribution in [2.24, 2.45) is 0 Å². The molecule has 0 saturated carbocycles. The van der Waals surface area contributed by atoms with Crippen molar-refractivity contribution in [1.82, 2.24) is 4.31 Å². The third-order valence-electron chi connectivity index (χ3n) is 4.54. The standard InChI is InChI=1S/C19H21FN2O3S/c1-13-10-14(2)12-17(11-13)21-8-9-22(15(3)19(21)23)26(24,25)18-6-4-16(20)5-7-18/h4-7,10-12,15H,8-9H2,1-3H3/t15-/m1/s1. The van der Waals surface area contributed by atoms with Gasteiger partial charge in [-0.3, -0.25) is 4.79 Å². The minimum absolute atomic E-state index is 0.0154. The number of sulfonamides is 1. The van der Waals surface area contributed by atoms with Gasteiger partial charge in [0.1, 0.15) is 11.9 Å². The van der Waals surface area contributed by atoms with Gasteiger partial charge in [-0.2, -0.15) is 4.31 Å². The summed E-state index contributed by atoms with van der Waals surface area (Å²) in [5.41, 5.74) is 2.86. The summed E-state index contributed by atoms with van der Waals surface area (Å²) in [5, 5.41) is 0. The number of halogens is 1. The summed E-state index contributed by atoms with van der Waals surface area (Å²) in [5.74, 6) is -0.778. The van der Waals surface area contributed by atoms with Crippen molar-refractivity contribution in [3.63, 3.8) is 0 Å². The van der Waals surface area contributed by atoms with Crippen LogP contribution in [0.5, 0.6) is 0 Å². The normalized spacial score (nSPS) is 19.0. The number of benzene rings is 2. The van der Waals surface area contributed by atoms with Crippen LogP contribution in [0.1, 0.15) is 18.1 Å². The molecule has 1 aliphatic rings. The quantitative estimate of drug-likeness (QED) is 0.828. The van der Waals surface area contributed by atoms with Crippen LogP contribution in [0.2, 0.25) is 0 Å². The molecule has 0 aliphatic carbocycles. The third-order valence-corrected chi connectivity index (χ3v) is 6.52. The molecule has 5 nitrogen and oxygen atoms in total. The van der Waals surface area contributed by atoms with Crippen LogP contribution in [-0.4, -0.2) is 37.8 Å². The van der Waals surface area contributed by atoms with Gasteiger partial charge in [-0.25, -0.2) is 12.8 Å². The van der Waals surface area contributed by atoms with E-state index in [1.807, 2.05) is 32.0 Å². The number of carbonyl (C=O) groups excluding carboxylic acids is 1. The van der Waals surface area contributed by atoms with E-state index in [4.69, 9.17) is 0 Å². The van der Waals surface area contributed by atoms with E-state index in [0.29, 0.717) is 0 Å². The topological polar surface area (TPSA) is 57.7 Å². The van der Waals surface area contributed by atoms with Gasteiger partial charge in [0, 0.05) is 18.8 Å². The lowest BCUT2D eigenvalue weighted by Crippen LogP contribution is -2.57. The molecule has 1 heterocycles. The Balaban J connectivity index is 1.89. The lowest BCUT2D eigenvalue weighted by Gasteiger charge is -2.38. The van der Waals surface area contributed by atoms with Crippen LogP contribution >= 0.6 is 0 Å². The smallest absolute Gasteiger partial charge is 0.245 e. The van der Waals surface area contributed by atoms with Gasteiger partial charge in [-0.05, 0) is 68.3 Å². The van der Waals surface area contributed by atoms with Crippen molar-refractivity contribution < 1.29 is 17.6 Å². The molecule has 0 aromatic heterocycles. The van der Waals surface area contributed by atoms with E-state index in [1.54, 1.807) is 11.8 Å². The number of hydrogen-bond donors (Lipinski definition) is 0. The van der Waals surface area contributed by atoms with E-state index < -0.39 is 21.9 Å². The van der Waals surface area contributed by atoms with Crippen molar-refractivity contribution in [3.8, 4) is 0 Å². The number of piperazine rings is 1. The SMILES string of the molecule is Cc1cc(C)cc(N2CCN(S(=O)(=O)c3ccc(F)cc3)[C@H](C)C2=O)c1. The molecule has 1 saturated heterocycles. The molecule has 7 heteroatoms. The number of rotatable bonds is 3. The minimum atomic E-state index is -3.86. The number of hydrogen-bond acceptors (Lipinski definition) is 3. The fourth-order valence-electron chi connectivity index (χ4n) is 3.28.